The molecule has 2 unspecified atom stereocenters. The molecule has 0 aliphatic heterocycles. The van der Waals surface area contributed by atoms with Gasteiger partial charge in [0.25, 0.3) is 0 Å². The van der Waals surface area contributed by atoms with Crippen molar-refractivity contribution in [3.8, 4) is 5.75 Å². The normalized spacial score (nSPS) is 22.1. The van der Waals surface area contributed by atoms with Crippen molar-refractivity contribution in [3.05, 3.63) is 30.3 Å². The molecule has 0 spiro atoms. The average Bonchev–Trinajstić information content (AvgIpc) is 2.54. The van der Waals surface area contributed by atoms with Crippen LogP contribution in [0.25, 0.3) is 0 Å². The molecule has 0 amide bonds. The third-order valence-corrected chi connectivity index (χ3v) is 4.63. The van der Waals surface area contributed by atoms with Crippen LogP contribution in [0.4, 0.5) is 0 Å². The molecule has 1 fully saturated rings. The highest BCUT2D eigenvalue weighted by Crippen LogP contribution is 2.32. The van der Waals surface area contributed by atoms with Crippen LogP contribution in [-0.2, 0) is 0 Å². The number of para-hydroxylation sites is 1. The SMILES string of the molecule is CCCNCC1CCCCC1CCCOc1ccccc1. The van der Waals surface area contributed by atoms with Gasteiger partial charge in [0.15, 0.2) is 0 Å². The fraction of sp³-hybridized carbons (Fsp3) is 0.684. The fourth-order valence-corrected chi connectivity index (χ4v) is 3.45. The number of hydrogen-bond donors (Lipinski definition) is 1. The van der Waals surface area contributed by atoms with Crippen molar-refractivity contribution in [2.75, 3.05) is 19.7 Å². The zero-order chi connectivity index (χ0) is 14.8. The molecular formula is C19H31NO. The number of rotatable bonds is 9. The van der Waals surface area contributed by atoms with Gasteiger partial charge in [0.05, 0.1) is 6.61 Å². The molecule has 1 N–H and O–H groups in total. The monoisotopic (exact) mass is 289 g/mol. The maximum absolute atomic E-state index is 5.82. The van der Waals surface area contributed by atoms with Crippen molar-refractivity contribution in [2.24, 2.45) is 11.8 Å². The van der Waals surface area contributed by atoms with Crippen LogP contribution in [0.1, 0.15) is 51.9 Å². The van der Waals surface area contributed by atoms with Crippen LogP contribution in [0.15, 0.2) is 30.3 Å². The molecule has 118 valence electrons. The lowest BCUT2D eigenvalue weighted by molar-refractivity contribution is 0.199. The van der Waals surface area contributed by atoms with E-state index in [4.69, 9.17) is 4.74 Å². The molecule has 2 heteroatoms. The molecule has 2 nitrogen and oxygen atoms in total. The van der Waals surface area contributed by atoms with Crippen LogP contribution in [0, 0.1) is 11.8 Å². The summed E-state index contributed by atoms with van der Waals surface area (Å²) >= 11 is 0. The van der Waals surface area contributed by atoms with Crippen LogP contribution in [0.5, 0.6) is 5.75 Å². The largest absolute Gasteiger partial charge is 0.494 e. The highest BCUT2D eigenvalue weighted by atomic mass is 16.5. The van der Waals surface area contributed by atoms with Gasteiger partial charge in [0.2, 0.25) is 0 Å². The molecule has 0 bridgehead atoms. The minimum atomic E-state index is 0.857. The molecule has 2 atom stereocenters. The Hall–Kier alpha value is -1.02. The Bertz CT molecular complexity index is 365. The lowest BCUT2D eigenvalue weighted by Crippen LogP contribution is -2.31. The highest BCUT2D eigenvalue weighted by Gasteiger charge is 2.24. The third-order valence-electron chi connectivity index (χ3n) is 4.63. The summed E-state index contributed by atoms with van der Waals surface area (Å²) in [6.45, 7) is 5.49. The Morgan fingerprint density at radius 2 is 1.86 bits per heavy atom. The van der Waals surface area contributed by atoms with Crippen molar-refractivity contribution in [1.82, 2.24) is 5.32 Å². The molecule has 0 saturated heterocycles. The topological polar surface area (TPSA) is 21.3 Å². The minimum Gasteiger partial charge on any atom is -0.494 e. The van der Waals surface area contributed by atoms with Crippen molar-refractivity contribution in [3.63, 3.8) is 0 Å². The first-order chi connectivity index (χ1) is 10.4. The zero-order valence-corrected chi connectivity index (χ0v) is 13.5. The van der Waals surface area contributed by atoms with E-state index in [2.05, 4.69) is 12.2 Å². The zero-order valence-electron chi connectivity index (χ0n) is 13.5. The molecule has 1 aliphatic rings. The van der Waals surface area contributed by atoms with Crippen molar-refractivity contribution >= 4 is 0 Å². The lowest BCUT2D eigenvalue weighted by Gasteiger charge is -2.32. The first kappa shape index (κ1) is 16.4. The summed E-state index contributed by atoms with van der Waals surface area (Å²) in [7, 11) is 0. The summed E-state index contributed by atoms with van der Waals surface area (Å²) in [4.78, 5) is 0. The van der Waals surface area contributed by atoms with Crippen LogP contribution in [0.3, 0.4) is 0 Å². The van der Waals surface area contributed by atoms with E-state index in [9.17, 15) is 0 Å². The van der Waals surface area contributed by atoms with Gasteiger partial charge in [-0.2, -0.15) is 0 Å². The van der Waals surface area contributed by atoms with Crippen molar-refractivity contribution in [2.45, 2.75) is 51.9 Å². The molecule has 0 heterocycles. The maximum atomic E-state index is 5.82. The van der Waals surface area contributed by atoms with E-state index in [0.29, 0.717) is 0 Å². The van der Waals surface area contributed by atoms with Crippen molar-refractivity contribution in [1.29, 1.82) is 0 Å². The molecule has 1 aromatic rings. The maximum Gasteiger partial charge on any atom is 0.119 e. The average molecular weight is 289 g/mol. The Kier molecular flexibility index (Phi) is 7.66. The first-order valence-corrected chi connectivity index (χ1v) is 8.78. The molecule has 1 aliphatic carbocycles. The van der Waals surface area contributed by atoms with Crippen LogP contribution in [0.2, 0.25) is 0 Å². The molecule has 1 aromatic carbocycles. The van der Waals surface area contributed by atoms with E-state index in [0.717, 1.165) is 24.2 Å². The van der Waals surface area contributed by atoms with Gasteiger partial charge in [-0.3, -0.25) is 0 Å². The minimum absolute atomic E-state index is 0.857. The van der Waals surface area contributed by atoms with E-state index < -0.39 is 0 Å². The molecule has 1 saturated carbocycles. The Labute approximate surface area is 130 Å². The second-order valence-corrected chi connectivity index (χ2v) is 6.31. The quantitative estimate of drug-likeness (QED) is 0.668. The van der Waals surface area contributed by atoms with Gasteiger partial charge in [-0.05, 0) is 62.7 Å². The van der Waals surface area contributed by atoms with Gasteiger partial charge in [-0.25, -0.2) is 0 Å². The smallest absolute Gasteiger partial charge is 0.119 e. The van der Waals surface area contributed by atoms with Gasteiger partial charge < -0.3 is 10.1 Å². The summed E-state index contributed by atoms with van der Waals surface area (Å²) in [5.41, 5.74) is 0. The predicted octanol–water partition coefficient (Wildman–Crippen LogP) is 4.65. The second-order valence-electron chi connectivity index (χ2n) is 6.31. The number of ether oxygens (including phenoxy) is 1. The Morgan fingerprint density at radius 1 is 1.10 bits per heavy atom. The Morgan fingerprint density at radius 3 is 2.62 bits per heavy atom. The Balaban J connectivity index is 1.65. The van der Waals surface area contributed by atoms with E-state index in [1.807, 2.05) is 30.3 Å². The van der Waals surface area contributed by atoms with Crippen LogP contribution < -0.4 is 10.1 Å². The number of hydrogen-bond acceptors (Lipinski definition) is 2. The first-order valence-electron chi connectivity index (χ1n) is 8.78. The van der Waals surface area contributed by atoms with Gasteiger partial charge in [0.1, 0.15) is 5.75 Å². The second kappa shape index (κ2) is 9.83. The summed E-state index contributed by atoms with van der Waals surface area (Å²) < 4.78 is 5.82. The fourth-order valence-electron chi connectivity index (χ4n) is 3.45. The van der Waals surface area contributed by atoms with E-state index in [1.165, 1.54) is 58.0 Å². The number of nitrogens with one attached hydrogen (secondary N) is 1. The molecular weight excluding hydrogens is 258 g/mol. The van der Waals surface area contributed by atoms with Crippen molar-refractivity contribution < 1.29 is 4.74 Å². The van der Waals surface area contributed by atoms with Gasteiger partial charge >= 0.3 is 0 Å². The van der Waals surface area contributed by atoms with Gasteiger partial charge in [-0.1, -0.05) is 44.4 Å². The van der Waals surface area contributed by atoms with E-state index in [1.54, 1.807) is 0 Å². The standard InChI is InChI=1S/C19H31NO/c1-2-14-20-16-18-10-7-6-9-17(18)11-8-15-21-19-12-4-3-5-13-19/h3-5,12-13,17-18,20H,2,6-11,14-16H2,1H3. The summed E-state index contributed by atoms with van der Waals surface area (Å²) in [6, 6.07) is 10.2. The van der Waals surface area contributed by atoms with E-state index in [-0.39, 0.29) is 0 Å². The van der Waals surface area contributed by atoms with E-state index >= 15 is 0 Å². The summed E-state index contributed by atoms with van der Waals surface area (Å²) in [6.07, 6.45) is 9.44. The molecule has 0 radical (unpaired) electrons. The highest BCUT2D eigenvalue weighted by molar-refractivity contribution is 5.20. The third kappa shape index (κ3) is 6.09. The summed E-state index contributed by atoms with van der Waals surface area (Å²) in [5.74, 6) is 2.80. The lowest BCUT2D eigenvalue weighted by atomic mass is 9.77. The van der Waals surface area contributed by atoms with Gasteiger partial charge in [0, 0.05) is 0 Å². The summed E-state index contributed by atoms with van der Waals surface area (Å²) in [5, 5.41) is 3.62. The predicted molar refractivity (Wildman–Crippen MR) is 89.8 cm³/mol. The number of benzene rings is 1. The molecule has 21 heavy (non-hydrogen) atoms. The molecule has 2 rings (SSSR count). The molecule has 0 aromatic heterocycles. The van der Waals surface area contributed by atoms with Crippen LogP contribution in [-0.4, -0.2) is 19.7 Å². The van der Waals surface area contributed by atoms with Crippen LogP contribution >= 0.6 is 0 Å². The van der Waals surface area contributed by atoms with Gasteiger partial charge in [-0.15, -0.1) is 0 Å².